The maximum Gasteiger partial charge on any atom is 0.410 e. The molecule has 3 aromatic rings. The van der Waals surface area contributed by atoms with Gasteiger partial charge in [-0.2, -0.15) is 5.10 Å². The molecule has 0 aliphatic carbocycles. The summed E-state index contributed by atoms with van der Waals surface area (Å²) in [6, 6.07) is 12.7. The molecule has 0 bridgehead atoms. The van der Waals surface area contributed by atoms with Crippen molar-refractivity contribution in [1.29, 1.82) is 0 Å². The Balaban J connectivity index is 1.18. The first-order valence-corrected chi connectivity index (χ1v) is 13.7. The highest BCUT2D eigenvalue weighted by atomic mass is 19.1. The van der Waals surface area contributed by atoms with E-state index < -0.39 is 10.6 Å². The summed E-state index contributed by atoms with van der Waals surface area (Å²) in [5.41, 5.74) is 1.59. The lowest BCUT2D eigenvalue weighted by Gasteiger charge is -2.42. The molecule has 2 aliphatic rings. The number of anilines is 1. The Kier molecular flexibility index (Phi) is 8.39. The topological polar surface area (TPSA) is 106 Å². The Morgan fingerprint density at radius 1 is 1.10 bits per heavy atom. The molecular formula is C29H35FN6O5. The van der Waals surface area contributed by atoms with Crippen molar-refractivity contribution in [1.82, 2.24) is 19.6 Å². The van der Waals surface area contributed by atoms with Gasteiger partial charge in [0.2, 0.25) is 0 Å². The van der Waals surface area contributed by atoms with Crippen molar-refractivity contribution in [3.8, 4) is 16.9 Å². The number of halogens is 1. The number of piperidine rings is 1. The van der Waals surface area contributed by atoms with Crippen LogP contribution in [0.3, 0.4) is 0 Å². The van der Waals surface area contributed by atoms with Crippen LogP contribution in [0.5, 0.6) is 5.75 Å². The van der Waals surface area contributed by atoms with Gasteiger partial charge in [-0.25, -0.2) is 9.18 Å². The molecule has 2 aromatic carbocycles. The highest BCUT2D eigenvalue weighted by molar-refractivity contribution is 5.82. The number of carbonyl (C=O) groups excluding carboxylic acids is 1. The first kappa shape index (κ1) is 28.3. The van der Waals surface area contributed by atoms with Gasteiger partial charge >= 0.3 is 11.8 Å². The van der Waals surface area contributed by atoms with E-state index >= 15 is 4.39 Å². The zero-order chi connectivity index (χ0) is 29.0. The number of nitro benzene ring substituents is 1. The Bertz CT molecular complexity index is 1370. The summed E-state index contributed by atoms with van der Waals surface area (Å²) < 4.78 is 28.5. The molecule has 5 rings (SSSR count). The molecule has 2 saturated heterocycles. The quantitative estimate of drug-likeness (QED) is 0.294. The van der Waals surface area contributed by atoms with Gasteiger partial charge in [0.05, 0.1) is 18.2 Å². The number of alkyl halides is 1. The van der Waals surface area contributed by atoms with Crippen molar-refractivity contribution in [2.24, 2.45) is 7.05 Å². The van der Waals surface area contributed by atoms with Crippen LogP contribution in [0.1, 0.15) is 18.4 Å². The summed E-state index contributed by atoms with van der Waals surface area (Å²) in [5.74, 6) is 0.162. The van der Waals surface area contributed by atoms with Gasteiger partial charge < -0.3 is 19.3 Å². The molecule has 2 aliphatic heterocycles. The van der Waals surface area contributed by atoms with Gasteiger partial charge in [0.1, 0.15) is 12.3 Å². The highest BCUT2D eigenvalue weighted by Crippen LogP contribution is 2.42. The normalized spacial score (nSPS) is 17.3. The van der Waals surface area contributed by atoms with Gasteiger partial charge in [-0.1, -0.05) is 30.3 Å². The number of benzene rings is 2. The highest BCUT2D eigenvalue weighted by Gasteiger charge is 2.38. The number of piperazine rings is 1. The average Bonchev–Trinajstić information content (AvgIpc) is 3.42. The fourth-order valence-electron chi connectivity index (χ4n) is 5.52. The Hall–Kier alpha value is -4.19. The second-order valence-corrected chi connectivity index (χ2v) is 10.6. The van der Waals surface area contributed by atoms with E-state index in [2.05, 4.69) is 14.9 Å². The molecule has 0 N–H and O–H groups in total. The predicted octanol–water partition coefficient (Wildman–Crippen LogP) is 4.27. The lowest BCUT2D eigenvalue weighted by Crippen LogP contribution is -2.54. The molecule has 11 nitrogen and oxygen atoms in total. The monoisotopic (exact) mass is 566 g/mol. The Morgan fingerprint density at radius 3 is 2.41 bits per heavy atom. The number of hydrogen-bond acceptors (Lipinski definition) is 8. The van der Waals surface area contributed by atoms with Gasteiger partial charge in [-0.05, 0) is 5.56 Å². The van der Waals surface area contributed by atoms with Crippen LogP contribution in [0.15, 0.2) is 54.9 Å². The third kappa shape index (κ3) is 6.59. The van der Waals surface area contributed by atoms with E-state index in [4.69, 9.17) is 9.47 Å². The summed E-state index contributed by atoms with van der Waals surface area (Å²) in [7, 11) is 3.19. The van der Waals surface area contributed by atoms with E-state index in [-0.39, 0.29) is 24.1 Å². The Labute approximate surface area is 238 Å². The molecule has 0 spiro atoms. The van der Waals surface area contributed by atoms with Crippen molar-refractivity contribution in [3.63, 3.8) is 0 Å². The van der Waals surface area contributed by atoms with Crippen LogP contribution in [0, 0.1) is 10.1 Å². The van der Waals surface area contributed by atoms with Crippen molar-refractivity contribution < 1.29 is 23.6 Å². The van der Waals surface area contributed by atoms with Crippen LogP contribution in [0.25, 0.3) is 11.1 Å². The molecule has 0 radical (unpaired) electrons. The standard InChI is InChI=1S/C29H35FN6O5/c1-32-19-23(18-31-32)24-16-26(36(38)39)27(40-2)17-25(24)34-10-8-29(30,9-11-34)21-33-12-14-35(15-13-33)28(37)41-20-22-6-4-3-5-7-22/h3-7,16-19H,8-15,20-21H2,1-2H3. The minimum absolute atomic E-state index is 0.130. The van der Waals surface area contributed by atoms with Gasteiger partial charge in [-0.15, -0.1) is 0 Å². The summed E-state index contributed by atoms with van der Waals surface area (Å²) >= 11 is 0. The van der Waals surface area contributed by atoms with Crippen molar-refractivity contribution in [2.75, 3.05) is 57.8 Å². The fourth-order valence-corrected chi connectivity index (χ4v) is 5.52. The summed E-state index contributed by atoms with van der Waals surface area (Å²) in [6.07, 6.45) is 3.75. The maximum absolute atomic E-state index is 16.1. The summed E-state index contributed by atoms with van der Waals surface area (Å²) in [4.78, 5) is 29.5. The number of methoxy groups -OCH3 is 1. The van der Waals surface area contributed by atoms with E-state index in [0.717, 1.165) is 16.8 Å². The van der Waals surface area contributed by atoms with E-state index in [1.807, 2.05) is 30.3 Å². The first-order valence-electron chi connectivity index (χ1n) is 13.7. The molecule has 3 heterocycles. The molecule has 0 atom stereocenters. The van der Waals surface area contributed by atoms with Crippen LogP contribution in [0.2, 0.25) is 0 Å². The van der Waals surface area contributed by atoms with Crippen molar-refractivity contribution in [3.05, 3.63) is 70.5 Å². The number of carbonyl (C=O) groups is 1. The Morgan fingerprint density at radius 2 is 1.80 bits per heavy atom. The lowest BCUT2D eigenvalue weighted by atomic mass is 9.91. The van der Waals surface area contributed by atoms with Crippen LogP contribution in [-0.4, -0.2) is 89.2 Å². The smallest absolute Gasteiger partial charge is 0.410 e. The number of rotatable bonds is 8. The zero-order valence-corrected chi connectivity index (χ0v) is 23.4. The van der Waals surface area contributed by atoms with E-state index in [9.17, 15) is 14.9 Å². The van der Waals surface area contributed by atoms with Crippen LogP contribution < -0.4 is 9.64 Å². The molecule has 218 valence electrons. The number of nitro groups is 1. The third-order valence-electron chi connectivity index (χ3n) is 7.85. The second kappa shape index (κ2) is 12.1. The van der Waals surface area contributed by atoms with Crippen LogP contribution in [-0.2, 0) is 18.4 Å². The molecule has 12 heteroatoms. The number of aromatic nitrogens is 2. The number of hydrogen-bond donors (Lipinski definition) is 0. The second-order valence-electron chi connectivity index (χ2n) is 10.6. The minimum Gasteiger partial charge on any atom is -0.490 e. The zero-order valence-electron chi connectivity index (χ0n) is 23.4. The maximum atomic E-state index is 16.1. The molecule has 41 heavy (non-hydrogen) atoms. The molecule has 1 amide bonds. The average molecular weight is 567 g/mol. The number of ether oxygens (including phenoxy) is 2. The van der Waals surface area contributed by atoms with Gasteiger partial charge in [0.25, 0.3) is 0 Å². The van der Waals surface area contributed by atoms with Gasteiger partial charge in [0.15, 0.2) is 5.75 Å². The molecule has 2 fully saturated rings. The first-order chi connectivity index (χ1) is 19.7. The third-order valence-corrected chi connectivity index (χ3v) is 7.85. The largest absolute Gasteiger partial charge is 0.490 e. The van der Waals surface area contributed by atoms with E-state index in [1.165, 1.54) is 13.2 Å². The SMILES string of the molecule is COc1cc(N2CCC(F)(CN3CCN(C(=O)OCc4ccccc4)CC3)CC2)c(-c2cnn(C)c2)cc1[N+](=O)[O-]. The number of amides is 1. The lowest BCUT2D eigenvalue weighted by molar-refractivity contribution is -0.385. The number of aryl methyl sites for hydroxylation is 1. The van der Waals surface area contributed by atoms with Crippen molar-refractivity contribution >= 4 is 17.5 Å². The molecule has 0 saturated carbocycles. The van der Waals surface area contributed by atoms with Crippen molar-refractivity contribution in [2.45, 2.75) is 25.1 Å². The van der Waals surface area contributed by atoms with Crippen LogP contribution in [0.4, 0.5) is 20.6 Å². The number of nitrogens with zero attached hydrogens (tertiary/aromatic N) is 6. The van der Waals surface area contributed by atoms with E-state index in [0.29, 0.717) is 64.2 Å². The molecule has 0 unspecified atom stereocenters. The fraction of sp³-hybridized carbons (Fsp3) is 0.448. The van der Waals surface area contributed by atoms with Gasteiger partial charge in [0, 0.05) is 101 Å². The summed E-state index contributed by atoms with van der Waals surface area (Å²) in [6.45, 7) is 3.59. The summed E-state index contributed by atoms with van der Waals surface area (Å²) in [5, 5.41) is 15.9. The minimum atomic E-state index is -1.37. The molecular weight excluding hydrogens is 531 g/mol. The predicted molar refractivity (Wildman–Crippen MR) is 152 cm³/mol. The van der Waals surface area contributed by atoms with E-state index in [1.54, 1.807) is 35.1 Å². The van der Waals surface area contributed by atoms with Crippen LogP contribution >= 0.6 is 0 Å². The van der Waals surface area contributed by atoms with Gasteiger partial charge in [-0.3, -0.25) is 19.7 Å². The molecule has 1 aromatic heterocycles.